The van der Waals surface area contributed by atoms with Gasteiger partial charge in [0.1, 0.15) is 0 Å². The van der Waals surface area contributed by atoms with E-state index in [4.69, 9.17) is 34.8 Å². The topological polar surface area (TPSA) is 41.1 Å². The fourth-order valence-electron chi connectivity index (χ4n) is 2.27. The van der Waals surface area contributed by atoms with E-state index in [1.54, 1.807) is 24.3 Å². The lowest BCUT2D eigenvalue weighted by Crippen LogP contribution is -2.03. The van der Waals surface area contributed by atoms with Crippen LogP contribution in [-0.2, 0) is 17.8 Å². The number of halogens is 3. The Morgan fingerprint density at radius 3 is 2.52 bits per heavy atom. The largest absolute Gasteiger partial charge is 0.380 e. The molecule has 0 aliphatic carbocycles. The standard InChI is InChI=1S/C15H11Cl3N2O/c16-10-2-1-3-11(17)9(10)7-19-14-4-8-5-15(21)20-13(8)6-12(14)18/h1-4,6,19H,5,7H2,(H,20,21). The maximum Gasteiger partial charge on any atom is 0.228 e. The molecule has 2 N–H and O–H groups in total. The molecule has 0 spiro atoms. The summed E-state index contributed by atoms with van der Waals surface area (Å²) in [6, 6.07) is 9.00. The van der Waals surface area contributed by atoms with Crippen molar-refractivity contribution in [3.8, 4) is 0 Å². The molecule has 21 heavy (non-hydrogen) atoms. The van der Waals surface area contributed by atoms with Crippen molar-refractivity contribution in [1.82, 2.24) is 0 Å². The van der Waals surface area contributed by atoms with Crippen LogP contribution in [0.2, 0.25) is 15.1 Å². The highest BCUT2D eigenvalue weighted by Crippen LogP contribution is 2.34. The lowest BCUT2D eigenvalue weighted by molar-refractivity contribution is -0.115. The molecule has 0 saturated heterocycles. The molecule has 2 aromatic rings. The van der Waals surface area contributed by atoms with Crippen molar-refractivity contribution in [2.75, 3.05) is 10.6 Å². The third-order valence-electron chi connectivity index (χ3n) is 3.34. The Hall–Kier alpha value is -1.42. The molecule has 0 radical (unpaired) electrons. The lowest BCUT2D eigenvalue weighted by atomic mass is 10.1. The number of hydrogen-bond donors (Lipinski definition) is 2. The number of hydrogen-bond acceptors (Lipinski definition) is 2. The van der Waals surface area contributed by atoms with Crippen LogP contribution in [0.15, 0.2) is 30.3 Å². The Balaban J connectivity index is 1.83. The lowest BCUT2D eigenvalue weighted by Gasteiger charge is -2.12. The highest BCUT2D eigenvalue weighted by atomic mass is 35.5. The van der Waals surface area contributed by atoms with E-state index < -0.39 is 0 Å². The molecule has 3 rings (SSSR count). The zero-order valence-electron chi connectivity index (χ0n) is 10.8. The molecule has 1 amide bonds. The number of benzene rings is 2. The molecule has 0 bridgehead atoms. The van der Waals surface area contributed by atoms with Crippen molar-refractivity contribution >= 4 is 52.1 Å². The van der Waals surface area contributed by atoms with E-state index in [2.05, 4.69) is 10.6 Å². The molecule has 6 heteroatoms. The second-order valence-corrected chi connectivity index (χ2v) is 5.99. The van der Waals surface area contributed by atoms with E-state index >= 15 is 0 Å². The van der Waals surface area contributed by atoms with Gasteiger partial charge in [0, 0.05) is 27.8 Å². The fourth-order valence-corrected chi connectivity index (χ4v) is 3.03. The minimum absolute atomic E-state index is 0.0210. The van der Waals surface area contributed by atoms with Crippen molar-refractivity contribution in [2.24, 2.45) is 0 Å². The summed E-state index contributed by atoms with van der Waals surface area (Å²) in [7, 11) is 0. The van der Waals surface area contributed by atoms with Gasteiger partial charge in [0.25, 0.3) is 0 Å². The van der Waals surface area contributed by atoms with Crippen molar-refractivity contribution in [3.05, 3.63) is 56.5 Å². The molecule has 0 saturated carbocycles. The minimum Gasteiger partial charge on any atom is -0.380 e. The Morgan fingerprint density at radius 1 is 1.10 bits per heavy atom. The summed E-state index contributed by atoms with van der Waals surface area (Å²) >= 11 is 18.5. The smallest absolute Gasteiger partial charge is 0.228 e. The SMILES string of the molecule is O=C1Cc2cc(NCc3c(Cl)cccc3Cl)c(Cl)cc2N1. The quantitative estimate of drug-likeness (QED) is 0.845. The second-order valence-electron chi connectivity index (χ2n) is 4.77. The molecule has 108 valence electrons. The van der Waals surface area contributed by atoms with Crippen molar-refractivity contribution in [2.45, 2.75) is 13.0 Å². The predicted octanol–water partition coefficient (Wildman–Crippen LogP) is 4.75. The van der Waals surface area contributed by atoms with Gasteiger partial charge >= 0.3 is 0 Å². The van der Waals surface area contributed by atoms with Gasteiger partial charge in [0.2, 0.25) is 5.91 Å². The average Bonchev–Trinajstić information content (AvgIpc) is 2.77. The van der Waals surface area contributed by atoms with E-state index in [1.807, 2.05) is 6.07 Å². The Labute approximate surface area is 137 Å². The molecular formula is C15H11Cl3N2O. The van der Waals surface area contributed by atoms with Crippen LogP contribution in [-0.4, -0.2) is 5.91 Å². The maximum atomic E-state index is 11.4. The van der Waals surface area contributed by atoms with Gasteiger partial charge in [-0.05, 0) is 29.8 Å². The summed E-state index contributed by atoms with van der Waals surface area (Å²) in [4.78, 5) is 11.4. The van der Waals surface area contributed by atoms with Crippen LogP contribution in [0.5, 0.6) is 0 Å². The van der Waals surface area contributed by atoms with Crippen LogP contribution in [0.25, 0.3) is 0 Å². The van der Waals surface area contributed by atoms with Gasteiger partial charge in [-0.25, -0.2) is 0 Å². The molecule has 1 aliphatic heterocycles. The van der Waals surface area contributed by atoms with Crippen molar-refractivity contribution in [3.63, 3.8) is 0 Å². The van der Waals surface area contributed by atoms with Crippen LogP contribution in [0.3, 0.4) is 0 Å². The Kier molecular flexibility index (Phi) is 3.98. The van der Waals surface area contributed by atoms with Gasteiger partial charge in [-0.2, -0.15) is 0 Å². The number of rotatable bonds is 3. The van der Waals surface area contributed by atoms with Gasteiger partial charge in [-0.1, -0.05) is 40.9 Å². The molecule has 0 unspecified atom stereocenters. The van der Waals surface area contributed by atoms with Gasteiger partial charge in [-0.15, -0.1) is 0 Å². The summed E-state index contributed by atoms with van der Waals surface area (Å²) in [6.45, 7) is 0.457. The average molecular weight is 342 g/mol. The van der Waals surface area contributed by atoms with Crippen molar-refractivity contribution < 1.29 is 4.79 Å². The predicted molar refractivity (Wildman–Crippen MR) is 87.6 cm³/mol. The Bertz CT molecular complexity index is 711. The number of carbonyl (C=O) groups is 1. The molecule has 0 atom stereocenters. The van der Waals surface area contributed by atoms with Crippen LogP contribution < -0.4 is 10.6 Å². The molecular weight excluding hydrogens is 331 g/mol. The zero-order chi connectivity index (χ0) is 15.0. The summed E-state index contributed by atoms with van der Waals surface area (Å²) < 4.78 is 0. The highest BCUT2D eigenvalue weighted by molar-refractivity contribution is 6.36. The molecule has 1 aliphatic rings. The van der Waals surface area contributed by atoms with Gasteiger partial charge < -0.3 is 10.6 Å². The third kappa shape index (κ3) is 2.95. The van der Waals surface area contributed by atoms with E-state index in [-0.39, 0.29) is 5.91 Å². The molecule has 1 heterocycles. The normalized spacial score (nSPS) is 13.0. The monoisotopic (exact) mass is 340 g/mol. The van der Waals surface area contributed by atoms with E-state index in [9.17, 15) is 4.79 Å². The summed E-state index contributed by atoms with van der Waals surface area (Å²) in [6.07, 6.45) is 0.369. The first-order chi connectivity index (χ1) is 10.0. The number of fused-ring (bicyclic) bond motifs is 1. The zero-order valence-corrected chi connectivity index (χ0v) is 13.1. The van der Waals surface area contributed by atoms with E-state index in [0.717, 1.165) is 22.5 Å². The van der Waals surface area contributed by atoms with E-state index in [1.165, 1.54) is 0 Å². The summed E-state index contributed by atoms with van der Waals surface area (Å²) in [5.74, 6) is -0.0210. The number of carbonyl (C=O) groups excluding carboxylic acids is 1. The summed E-state index contributed by atoms with van der Waals surface area (Å²) in [5, 5.41) is 7.72. The summed E-state index contributed by atoms with van der Waals surface area (Å²) in [5.41, 5.74) is 3.26. The van der Waals surface area contributed by atoms with Crippen molar-refractivity contribution in [1.29, 1.82) is 0 Å². The fraction of sp³-hybridized carbons (Fsp3) is 0.133. The van der Waals surface area contributed by atoms with Crippen LogP contribution in [0.4, 0.5) is 11.4 Å². The minimum atomic E-state index is -0.0210. The Morgan fingerprint density at radius 2 is 1.81 bits per heavy atom. The first kappa shape index (κ1) is 14.5. The molecule has 3 nitrogen and oxygen atoms in total. The third-order valence-corrected chi connectivity index (χ3v) is 4.36. The number of anilines is 2. The van der Waals surface area contributed by atoms with Gasteiger partial charge in [0.05, 0.1) is 17.1 Å². The van der Waals surface area contributed by atoms with Gasteiger partial charge in [0.15, 0.2) is 0 Å². The number of amides is 1. The first-order valence-corrected chi connectivity index (χ1v) is 7.47. The number of nitrogens with one attached hydrogen (secondary N) is 2. The first-order valence-electron chi connectivity index (χ1n) is 6.33. The second kappa shape index (κ2) is 5.76. The molecule has 0 fully saturated rings. The van der Waals surface area contributed by atoms with Crippen LogP contribution in [0, 0.1) is 0 Å². The highest BCUT2D eigenvalue weighted by Gasteiger charge is 2.19. The van der Waals surface area contributed by atoms with Crippen LogP contribution >= 0.6 is 34.8 Å². The van der Waals surface area contributed by atoms with E-state index in [0.29, 0.717) is 28.0 Å². The van der Waals surface area contributed by atoms with Crippen LogP contribution in [0.1, 0.15) is 11.1 Å². The van der Waals surface area contributed by atoms with Gasteiger partial charge in [-0.3, -0.25) is 4.79 Å². The molecule has 2 aromatic carbocycles. The molecule has 0 aromatic heterocycles. The maximum absolute atomic E-state index is 11.4.